The van der Waals surface area contributed by atoms with E-state index in [9.17, 15) is 13.2 Å². The van der Waals surface area contributed by atoms with Crippen molar-refractivity contribution in [2.75, 3.05) is 27.3 Å². The molecule has 0 bridgehead atoms. The molecule has 0 aliphatic heterocycles. The van der Waals surface area contributed by atoms with Gasteiger partial charge in [-0.25, -0.2) is 12.7 Å². The van der Waals surface area contributed by atoms with Crippen molar-refractivity contribution in [2.45, 2.75) is 17.7 Å². The van der Waals surface area contributed by atoms with Crippen LogP contribution in [0.4, 0.5) is 0 Å². The quantitative estimate of drug-likeness (QED) is 0.723. The smallest absolute Gasteiger partial charge is 0.307 e. The first kappa shape index (κ1) is 16.6. The summed E-state index contributed by atoms with van der Waals surface area (Å²) in [7, 11) is -0.459. The Morgan fingerprint density at radius 3 is 2.40 bits per heavy atom. The van der Waals surface area contributed by atoms with Crippen LogP contribution >= 0.6 is 0 Å². The van der Waals surface area contributed by atoms with Crippen molar-refractivity contribution < 1.29 is 23.1 Å². The fourth-order valence-corrected chi connectivity index (χ4v) is 2.89. The van der Waals surface area contributed by atoms with Gasteiger partial charge in [0.15, 0.2) is 0 Å². The minimum atomic E-state index is -3.53. The molecule has 0 aromatic heterocycles. The van der Waals surface area contributed by atoms with E-state index in [1.807, 2.05) is 0 Å². The number of sulfonamides is 1. The maximum absolute atomic E-state index is 12.2. The van der Waals surface area contributed by atoms with Crippen LogP contribution in [0.5, 0.6) is 0 Å². The molecule has 6 nitrogen and oxygen atoms in total. The first-order valence-corrected chi connectivity index (χ1v) is 7.58. The van der Waals surface area contributed by atoms with Gasteiger partial charge in [-0.1, -0.05) is 12.1 Å². The van der Waals surface area contributed by atoms with Gasteiger partial charge in [-0.15, -0.1) is 0 Å². The highest BCUT2D eigenvalue weighted by Crippen LogP contribution is 2.15. The molecule has 1 aromatic carbocycles. The zero-order valence-corrected chi connectivity index (χ0v) is 12.4. The van der Waals surface area contributed by atoms with Crippen LogP contribution in [0.15, 0.2) is 29.2 Å². The number of aliphatic carboxylic acids is 1. The van der Waals surface area contributed by atoms with Gasteiger partial charge in [0.25, 0.3) is 0 Å². The summed E-state index contributed by atoms with van der Waals surface area (Å²) in [5, 5.41) is 8.67. The number of carbonyl (C=O) groups is 1. The van der Waals surface area contributed by atoms with Crippen molar-refractivity contribution in [1.82, 2.24) is 4.31 Å². The Labute approximate surface area is 119 Å². The highest BCUT2D eigenvalue weighted by Gasteiger charge is 2.20. The van der Waals surface area contributed by atoms with Crippen LogP contribution in [0.25, 0.3) is 0 Å². The number of hydrogen-bond donors (Lipinski definition) is 1. The number of carboxylic acids is 1. The van der Waals surface area contributed by atoms with Crippen LogP contribution in [0.2, 0.25) is 0 Å². The van der Waals surface area contributed by atoms with Crippen LogP contribution < -0.4 is 0 Å². The Morgan fingerprint density at radius 1 is 1.30 bits per heavy atom. The SMILES string of the molecule is COCCCN(C)S(=O)(=O)c1ccc(CC(=O)O)cc1. The number of methoxy groups -OCH3 is 1. The first-order chi connectivity index (χ1) is 9.37. The lowest BCUT2D eigenvalue weighted by Crippen LogP contribution is -2.28. The lowest BCUT2D eigenvalue weighted by molar-refractivity contribution is -0.136. The van der Waals surface area contributed by atoms with E-state index in [-0.39, 0.29) is 11.3 Å². The lowest BCUT2D eigenvalue weighted by Gasteiger charge is -2.17. The highest BCUT2D eigenvalue weighted by atomic mass is 32.2. The van der Waals surface area contributed by atoms with Gasteiger partial charge >= 0.3 is 5.97 Å². The van der Waals surface area contributed by atoms with E-state index < -0.39 is 16.0 Å². The second-order valence-electron chi connectivity index (χ2n) is 4.39. The molecule has 1 rings (SSSR count). The molecule has 0 spiro atoms. The maximum atomic E-state index is 12.2. The van der Waals surface area contributed by atoms with Gasteiger partial charge < -0.3 is 9.84 Å². The number of carboxylic acid groups (broad SMARTS) is 1. The van der Waals surface area contributed by atoms with Gasteiger partial charge in [0.1, 0.15) is 0 Å². The van der Waals surface area contributed by atoms with Gasteiger partial charge in [0.05, 0.1) is 11.3 Å². The van der Waals surface area contributed by atoms with Gasteiger partial charge in [0.2, 0.25) is 10.0 Å². The Balaban J connectivity index is 2.79. The normalized spacial score (nSPS) is 11.8. The molecule has 0 fully saturated rings. The van der Waals surface area contributed by atoms with Crippen molar-refractivity contribution in [3.8, 4) is 0 Å². The summed E-state index contributed by atoms with van der Waals surface area (Å²) in [5.41, 5.74) is 0.568. The standard InChI is InChI=1S/C13H19NO5S/c1-14(8-3-9-19-2)20(17,18)12-6-4-11(5-7-12)10-13(15)16/h4-7H,3,8-10H2,1-2H3,(H,15,16). The molecule has 0 saturated heterocycles. The molecule has 0 aliphatic rings. The molecule has 112 valence electrons. The second kappa shape index (κ2) is 7.37. The minimum absolute atomic E-state index is 0.121. The second-order valence-corrected chi connectivity index (χ2v) is 6.43. The Morgan fingerprint density at radius 2 is 1.90 bits per heavy atom. The number of benzene rings is 1. The molecule has 1 aromatic rings. The molecule has 0 radical (unpaired) electrons. The van der Waals surface area contributed by atoms with E-state index in [1.54, 1.807) is 7.11 Å². The molecule has 7 heteroatoms. The topological polar surface area (TPSA) is 83.9 Å². The summed E-state index contributed by atoms with van der Waals surface area (Å²) in [6.07, 6.45) is 0.493. The Bertz CT molecular complexity index is 538. The number of nitrogens with zero attached hydrogens (tertiary/aromatic N) is 1. The summed E-state index contributed by atoms with van der Waals surface area (Å²) in [4.78, 5) is 10.7. The van der Waals surface area contributed by atoms with E-state index in [2.05, 4.69) is 0 Å². The molecule has 0 atom stereocenters. The Kier molecular flexibility index (Phi) is 6.12. The number of ether oxygens (including phenoxy) is 1. The average Bonchev–Trinajstić information content (AvgIpc) is 2.38. The average molecular weight is 301 g/mol. The third-order valence-electron chi connectivity index (χ3n) is 2.81. The molecule has 0 amide bonds. The zero-order valence-electron chi connectivity index (χ0n) is 11.6. The molecule has 0 unspecified atom stereocenters. The summed E-state index contributed by atoms with van der Waals surface area (Å²) in [6.45, 7) is 0.866. The summed E-state index contributed by atoms with van der Waals surface area (Å²) < 4.78 is 30.6. The third-order valence-corrected chi connectivity index (χ3v) is 4.68. The van der Waals surface area contributed by atoms with Crippen molar-refractivity contribution in [3.63, 3.8) is 0 Å². The lowest BCUT2D eigenvalue weighted by atomic mass is 10.2. The van der Waals surface area contributed by atoms with E-state index in [0.717, 1.165) is 0 Å². The largest absolute Gasteiger partial charge is 0.481 e. The first-order valence-electron chi connectivity index (χ1n) is 6.14. The molecule has 0 saturated carbocycles. The minimum Gasteiger partial charge on any atom is -0.481 e. The monoisotopic (exact) mass is 301 g/mol. The fourth-order valence-electron chi connectivity index (χ4n) is 1.69. The molecular weight excluding hydrogens is 282 g/mol. The van der Waals surface area contributed by atoms with Gasteiger partial charge in [-0.2, -0.15) is 0 Å². The summed E-state index contributed by atoms with van der Waals surface area (Å²) in [6, 6.07) is 5.90. The predicted octanol–water partition coefficient (Wildman–Crippen LogP) is 0.971. The van der Waals surface area contributed by atoms with Crippen LogP contribution in [0, 0.1) is 0 Å². The van der Waals surface area contributed by atoms with Crippen molar-refractivity contribution >= 4 is 16.0 Å². The number of hydrogen-bond acceptors (Lipinski definition) is 4. The van der Waals surface area contributed by atoms with Crippen molar-refractivity contribution in [3.05, 3.63) is 29.8 Å². The van der Waals surface area contributed by atoms with E-state index in [0.29, 0.717) is 25.1 Å². The van der Waals surface area contributed by atoms with Crippen molar-refractivity contribution in [2.24, 2.45) is 0 Å². The van der Waals surface area contributed by atoms with Gasteiger partial charge in [0, 0.05) is 27.3 Å². The fraction of sp³-hybridized carbons (Fsp3) is 0.462. The van der Waals surface area contributed by atoms with Crippen LogP contribution in [0.1, 0.15) is 12.0 Å². The Hall–Kier alpha value is -1.44. The van der Waals surface area contributed by atoms with Gasteiger partial charge in [-0.05, 0) is 24.1 Å². The van der Waals surface area contributed by atoms with E-state index in [1.165, 1.54) is 35.6 Å². The van der Waals surface area contributed by atoms with Crippen LogP contribution in [-0.4, -0.2) is 51.1 Å². The molecule has 0 aliphatic carbocycles. The molecule has 0 heterocycles. The summed E-state index contributed by atoms with van der Waals surface area (Å²) >= 11 is 0. The summed E-state index contributed by atoms with van der Waals surface area (Å²) in [5.74, 6) is -0.947. The third kappa shape index (κ3) is 4.59. The van der Waals surface area contributed by atoms with Crippen LogP contribution in [-0.2, 0) is 26.0 Å². The van der Waals surface area contributed by atoms with Gasteiger partial charge in [-0.3, -0.25) is 4.79 Å². The van der Waals surface area contributed by atoms with Crippen molar-refractivity contribution in [1.29, 1.82) is 0 Å². The molecular formula is C13H19NO5S. The molecule has 20 heavy (non-hydrogen) atoms. The highest BCUT2D eigenvalue weighted by molar-refractivity contribution is 7.89. The molecule has 1 N–H and O–H groups in total. The van der Waals surface area contributed by atoms with E-state index >= 15 is 0 Å². The number of rotatable bonds is 8. The predicted molar refractivity (Wildman–Crippen MR) is 74.1 cm³/mol. The van der Waals surface area contributed by atoms with E-state index in [4.69, 9.17) is 9.84 Å². The van der Waals surface area contributed by atoms with Crippen LogP contribution in [0.3, 0.4) is 0 Å². The maximum Gasteiger partial charge on any atom is 0.307 e. The zero-order chi connectivity index (χ0) is 15.2.